The molecule has 0 radical (unpaired) electrons. The third-order valence-electron chi connectivity index (χ3n) is 3.04. The van der Waals surface area contributed by atoms with Gasteiger partial charge in [0.2, 0.25) is 5.78 Å². The Morgan fingerprint density at radius 2 is 1.62 bits per heavy atom. The number of ether oxygens (including phenoxy) is 1. The standard InChI is InChI=1S/C15H10O6/c16-8-2-1-7(10(18)4-8)3-13-15(20)14-11(19)5-9(17)6-12(14)21-13/h1-6,16-19H/b13-3-. The van der Waals surface area contributed by atoms with Crippen LogP contribution in [0, 0.1) is 0 Å². The second-order valence-electron chi connectivity index (χ2n) is 4.52. The van der Waals surface area contributed by atoms with Gasteiger partial charge in [0.25, 0.3) is 0 Å². The molecule has 0 saturated heterocycles. The highest BCUT2D eigenvalue weighted by molar-refractivity contribution is 6.16. The zero-order valence-electron chi connectivity index (χ0n) is 10.6. The summed E-state index contributed by atoms with van der Waals surface area (Å²) >= 11 is 0. The van der Waals surface area contributed by atoms with E-state index in [1.165, 1.54) is 24.3 Å². The number of phenols is 4. The van der Waals surface area contributed by atoms with Crippen molar-refractivity contribution in [1.29, 1.82) is 0 Å². The van der Waals surface area contributed by atoms with Gasteiger partial charge >= 0.3 is 0 Å². The summed E-state index contributed by atoms with van der Waals surface area (Å²) in [6.07, 6.45) is 1.29. The predicted octanol–water partition coefficient (Wildman–Crippen LogP) is 2.13. The van der Waals surface area contributed by atoms with Crippen LogP contribution in [0.2, 0.25) is 0 Å². The molecule has 0 bridgehead atoms. The molecule has 0 amide bonds. The normalized spacial score (nSPS) is 15.0. The number of allylic oxidation sites excluding steroid dienone is 1. The number of hydrogen-bond acceptors (Lipinski definition) is 6. The number of ketones is 1. The number of fused-ring (bicyclic) bond motifs is 1. The molecular weight excluding hydrogens is 276 g/mol. The number of phenolic OH excluding ortho intramolecular Hbond substituents is 4. The predicted molar refractivity (Wildman–Crippen MR) is 72.5 cm³/mol. The number of carbonyl (C=O) groups is 1. The van der Waals surface area contributed by atoms with E-state index in [-0.39, 0.29) is 45.6 Å². The molecule has 0 saturated carbocycles. The molecule has 1 aliphatic rings. The smallest absolute Gasteiger partial charge is 0.235 e. The molecule has 0 atom stereocenters. The molecule has 0 fully saturated rings. The van der Waals surface area contributed by atoms with Gasteiger partial charge in [-0.3, -0.25) is 4.79 Å². The van der Waals surface area contributed by atoms with Crippen molar-refractivity contribution in [2.45, 2.75) is 0 Å². The van der Waals surface area contributed by atoms with E-state index in [4.69, 9.17) is 4.74 Å². The molecule has 6 nitrogen and oxygen atoms in total. The summed E-state index contributed by atoms with van der Waals surface area (Å²) in [5.74, 6) is -1.56. The Bertz CT molecular complexity index is 791. The first-order valence-electron chi connectivity index (χ1n) is 5.98. The Kier molecular flexibility index (Phi) is 2.72. The van der Waals surface area contributed by atoms with Crippen molar-refractivity contribution in [2.24, 2.45) is 0 Å². The Hall–Kier alpha value is -3.15. The second-order valence-corrected chi connectivity index (χ2v) is 4.52. The number of Topliss-reactive ketones (excluding diaryl/α,β-unsaturated/α-hetero) is 1. The molecule has 0 aliphatic carbocycles. The molecule has 2 aromatic rings. The maximum Gasteiger partial charge on any atom is 0.235 e. The number of benzene rings is 2. The van der Waals surface area contributed by atoms with Crippen molar-refractivity contribution in [1.82, 2.24) is 0 Å². The van der Waals surface area contributed by atoms with Gasteiger partial charge < -0.3 is 25.2 Å². The molecule has 2 aromatic carbocycles. The van der Waals surface area contributed by atoms with Crippen LogP contribution in [0.15, 0.2) is 36.1 Å². The van der Waals surface area contributed by atoms with Crippen molar-refractivity contribution in [2.75, 3.05) is 0 Å². The highest BCUT2D eigenvalue weighted by atomic mass is 16.5. The van der Waals surface area contributed by atoms with Gasteiger partial charge in [-0.05, 0) is 18.2 Å². The van der Waals surface area contributed by atoms with Crippen molar-refractivity contribution >= 4 is 11.9 Å². The maximum atomic E-state index is 12.1. The lowest BCUT2D eigenvalue weighted by Gasteiger charge is -2.02. The van der Waals surface area contributed by atoms with Crippen LogP contribution in [0.5, 0.6) is 28.7 Å². The fourth-order valence-electron chi connectivity index (χ4n) is 2.07. The molecule has 1 aliphatic heterocycles. The average Bonchev–Trinajstić information content (AvgIpc) is 2.69. The SMILES string of the molecule is O=C1/C(=C/c2ccc(O)cc2O)Oc2cc(O)cc(O)c21. The monoisotopic (exact) mass is 286 g/mol. The van der Waals surface area contributed by atoms with Crippen LogP contribution in [0.4, 0.5) is 0 Å². The van der Waals surface area contributed by atoms with Gasteiger partial charge in [0.05, 0.1) is 0 Å². The zero-order chi connectivity index (χ0) is 15.1. The van der Waals surface area contributed by atoms with E-state index in [1.807, 2.05) is 0 Å². The summed E-state index contributed by atoms with van der Waals surface area (Å²) in [6.45, 7) is 0. The molecular formula is C15H10O6. The summed E-state index contributed by atoms with van der Waals surface area (Å²) in [5.41, 5.74) is 0.227. The van der Waals surface area contributed by atoms with Gasteiger partial charge in [0, 0.05) is 23.8 Å². The third kappa shape index (κ3) is 2.12. The van der Waals surface area contributed by atoms with E-state index in [0.717, 1.165) is 12.1 Å². The molecule has 3 rings (SSSR count). The van der Waals surface area contributed by atoms with Crippen molar-refractivity contribution in [3.63, 3.8) is 0 Å². The quantitative estimate of drug-likeness (QED) is 0.598. The number of rotatable bonds is 1. The fraction of sp³-hybridized carbons (Fsp3) is 0. The van der Waals surface area contributed by atoms with Gasteiger partial charge in [-0.2, -0.15) is 0 Å². The summed E-state index contributed by atoms with van der Waals surface area (Å²) in [5, 5.41) is 38.0. The highest BCUT2D eigenvalue weighted by Crippen LogP contribution is 2.41. The minimum absolute atomic E-state index is 0.0435. The van der Waals surface area contributed by atoms with Crippen LogP contribution in [0.1, 0.15) is 15.9 Å². The van der Waals surface area contributed by atoms with E-state index < -0.39 is 5.78 Å². The zero-order valence-corrected chi connectivity index (χ0v) is 10.6. The molecule has 6 heteroatoms. The lowest BCUT2D eigenvalue weighted by Crippen LogP contribution is -1.98. The van der Waals surface area contributed by atoms with Gasteiger partial charge in [0.1, 0.15) is 34.3 Å². The summed E-state index contributed by atoms with van der Waals surface area (Å²) in [6, 6.07) is 6.14. The molecule has 1 heterocycles. The highest BCUT2D eigenvalue weighted by Gasteiger charge is 2.31. The first-order valence-corrected chi connectivity index (χ1v) is 5.98. The summed E-state index contributed by atoms with van der Waals surface area (Å²) in [4.78, 5) is 12.1. The van der Waals surface area contributed by atoms with E-state index in [2.05, 4.69) is 0 Å². The Balaban J connectivity index is 2.05. The number of aromatic hydroxyl groups is 4. The van der Waals surface area contributed by atoms with Gasteiger partial charge in [-0.25, -0.2) is 0 Å². The second kappa shape index (κ2) is 4.45. The summed E-state index contributed by atoms with van der Waals surface area (Å²) in [7, 11) is 0. The van der Waals surface area contributed by atoms with Crippen LogP contribution in [0.25, 0.3) is 6.08 Å². The summed E-state index contributed by atoms with van der Waals surface area (Å²) < 4.78 is 5.29. The molecule has 106 valence electrons. The van der Waals surface area contributed by atoms with E-state index in [0.29, 0.717) is 0 Å². The Labute approximate surface area is 118 Å². The number of carbonyl (C=O) groups excluding carboxylic acids is 1. The van der Waals surface area contributed by atoms with E-state index in [9.17, 15) is 25.2 Å². The van der Waals surface area contributed by atoms with Crippen molar-refractivity contribution in [3.05, 3.63) is 47.2 Å². The van der Waals surface area contributed by atoms with Crippen LogP contribution in [-0.4, -0.2) is 26.2 Å². The van der Waals surface area contributed by atoms with Gasteiger partial charge in [-0.1, -0.05) is 0 Å². The lowest BCUT2D eigenvalue weighted by atomic mass is 10.1. The van der Waals surface area contributed by atoms with Crippen LogP contribution < -0.4 is 4.74 Å². The first-order chi connectivity index (χ1) is 9.95. The third-order valence-corrected chi connectivity index (χ3v) is 3.04. The largest absolute Gasteiger partial charge is 0.508 e. The van der Waals surface area contributed by atoms with E-state index >= 15 is 0 Å². The fourth-order valence-corrected chi connectivity index (χ4v) is 2.07. The van der Waals surface area contributed by atoms with Crippen molar-refractivity contribution in [3.8, 4) is 28.7 Å². The van der Waals surface area contributed by atoms with Crippen LogP contribution in [0.3, 0.4) is 0 Å². The van der Waals surface area contributed by atoms with Crippen molar-refractivity contribution < 1.29 is 30.0 Å². The van der Waals surface area contributed by atoms with Gasteiger partial charge in [0.15, 0.2) is 5.76 Å². The lowest BCUT2D eigenvalue weighted by molar-refractivity contribution is 0.101. The topological polar surface area (TPSA) is 107 Å². The Morgan fingerprint density at radius 3 is 2.33 bits per heavy atom. The maximum absolute atomic E-state index is 12.1. The minimum Gasteiger partial charge on any atom is -0.508 e. The molecule has 4 N–H and O–H groups in total. The van der Waals surface area contributed by atoms with E-state index in [1.54, 1.807) is 0 Å². The number of hydrogen-bond donors (Lipinski definition) is 4. The Morgan fingerprint density at radius 1 is 0.905 bits per heavy atom. The molecule has 0 aromatic heterocycles. The van der Waals surface area contributed by atoms with Crippen LogP contribution in [-0.2, 0) is 0 Å². The molecule has 21 heavy (non-hydrogen) atoms. The van der Waals surface area contributed by atoms with Crippen LogP contribution >= 0.6 is 0 Å². The molecule has 0 unspecified atom stereocenters. The first kappa shape index (κ1) is 12.9. The average molecular weight is 286 g/mol. The minimum atomic E-state index is -0.560. The molecule has 0 spiro atoms. The van der Waals surface area contributed by atoms with Gasteiger partial charge in [-0.15, -0.1) is 0 Å².